The fraction of sp³-hybridized carbons (Fsp3) is 0.364. The van der Waals surface area contributed by atoms with Crippen molar-refractivity contribution in [1.29, 1.82) is 0 Å². The van der Waals surface area contributed by atoms with Gasteiger partial charge >= 0.3 is 0 Å². The van der Waals surface area contributed by atoms with E-state index in [2.05, 4.69) is 27.7 Å². The molecule has 2 aromatic carbocycles. The van der Waals surface area contributed by atoms with Gasteiger partial charge < -0.3 is 20.4 Å². The molecule has 0 spiro atoms. The minimum Gasteiger partial charge on any atom is -0.360 e. The van der Waals surface area contributed by atoms with Crippen molar-refractivity contribution in [3.05, 3.63) is 60.2 Å². The molecule has 1 heterocycles. The molecule has 3 rings (SSSR count). The number of carbonyl (C=O) groups is 2. The lowest BCUT2D eigenvalue weighted by molar-refractivity contribution is -0.892. The lowest BCUT2D eigenvalue weighted by Gasteiger charge is -2.33. The highest BCUT2D eigenvalue weighted by atomic mass is 16.2. The number of amides is 2. The lowest BCUT2D eigenvalue weighted by atomic mass is 10.1. The van der Waals surface area contributed by atoms with E-state index in [1.165, 1.54) is 10.6 Å². The number of nitrogens with one attached hydrogen (secondary N) is 3. The normalized spacial score (nSPS) is 14.5. The Bertz CT molecular complexity index is 786. The number of carbonyl (C=O) groups excluding carboxylic acids is 2. The molecule has 1 fully saturated rings. The fourth-order valence-electron chi connectivity index (χ4n) is 3.51. The zero-order valence-corrected chi connectivity index (χ0v) is 16.4. The molecule has 0 atom stereocenters. The number of quaternary nitrogens is 1. The van der Waals surface area contributed by atoms with Crippen LogP contribution in [0.4, 0.5) is 11.4 Å². The lowest BCUT2D eigenvalue weighted by Crippen LogP contribution is -3.16. The first-order valence-electron chi connectivity index (χ1n) is 9.93. The first kappa shape index (κ1) is 19.9. The van der Waals surface area contributed by atoms with Crippen LogP contribution < -0.4 is 20.4 Å². The molecule has 1 aliphatic heterocycles. The van der Waals surface area contributed by atoms with Gasteiger partial charge in [-0.2, -0.15) is 0 Å². The number of hydrogen-bond acceptors (Lipinski definition) is 3. The molecule has 28 heavy (non-hydrogen) atoms. The average molecular weight is 382 g/mol. The molecule has 0 bridgehead atoms. The molecule has 1 aliphatic rings. The molecule has 148 valence electrons. The molecule has 0 radical (unpaired) electrons. The van der Waals surface area contributed by atoms with Crippen LogP contribution in [0, 0.1) is 0 Å². The Labute approximate surface area is 166 Å². The van der Waals surface area contributed by atoms with Gasteiger partial charge in [-0.1, -0.05) is 43.3 Å². The highest BCUT2D eigenvalue weighted by molar-refractivity contribution is 5.95. The van der Waals surface area contributed by atoms with Crippen LogP contribution in [-0.4, -0.2) is 51.1 Å². The molecule has 1 saturated heterocycles. The quantitative estimate of drug-likeness (QED) is 0.662. The van der Waals surface area contributed by atoms with E-state index in [1.54, 1.807) is 0 Å². The second-order valence-corrected chi connectivity index (χ2v) is 7.08. The fourth-order valence-corrected chi connectivity index (χ4v) is 3.51. The van der Waals surface area contributed by atoms with Crippen LogP contribution in [0.5, 0.6) is 0 Å². The van der Waals surface area contributed by atoms with E-state index in [4.69, 9.17) is 0 Å². The first-order valence-corrected chi connectivity index (χ1v) is 9.93. The van der Waals surface area contributed by atoms with Crippen LogP contribution in [0.3, 0.4) is 0 Å². The number of anilines is 2. The van der Waals surface area contributed by atoms with E-state index in [0.29, 0.717) is 6.54 Å². The Morgan fingerprint density at radius 2 is 1.64 bits per heavy atom. The van der Waals surface area contributed by atoms with Gasteiger partial charge in [0.2, 0.25) is 5.91 Å². The summed E-state index contributed by atoms with van der Waals surface area (Å²) in [7, 11) is 0. The number of hydrogen-bond donors (Lipinski definition) is 3. The van der Waals surface area contributed by atoms with E-state index in [-0.39, 0.29) is 18.4 Å². The Balaban J connectivity index is 1.38. The van der Waals surface area contributed by atoms with Crippen LogP contribution in [0.25, 0.3) is 0 Å². The topological polar surface area (TPSA) is 65.9 Å². The summed E-state index contributed by atoms with van der Waals surface area (Å²) in [5.74, 6) is -0.278. The van der Waals surface area contributed by atoms with E-state index in [1.807, 2.05) is 49.4 Å². The highest BCUT2D eigenvalue weighted by Gasteiger charge is 2.22. The van der Waals surface area contributed by atoms with Gasteiger partial charge in [-0.05, 0) is 30.2 Å². The molecule has 0 aliphatic carbocycles. The van der Waals surface area contributed by atoms with Crippen molar-refractivity contribution in [2.24, 2.45) is 0 Å². The maximum Gasteiger partial charge on any atom is 0.275 e. The molecule has 2 amide bonds. The van der Waals surface area contributed by atoms with Gasteiger partial charge in [0.15, 0.2) is 6.54 Å². The van der Waals surface area contributed by atoms with Crippen molar-refractivity contribution in [2.45, 2.75) is 13.3 Å². The Morgan fingerprint density at radius 3 is 2.36 bits per heavy atom. The number of para-hydroxylation sites is 2. The number of piperazine rings is 1. The molecular formula is C22H29N4O2+. The first-order chi connectivity index (χ1) is 13.7. The van der Waals surface area contributed by atoms with Crippen LogP contribution in [0.15, 0.2) is 54.6 Å². The van der Waals surface area contributed by atoms with Gasteiger partial charge in [-0.3, -0.25) is 9.59 Å². The van der Waals surface area contributed by atoms with Crippen LogP contribution in [0.2, 0.25) is 0 Å². The van der Waals surface area contributed by atoms with Gasteiger partial charge in [0, 0.05) is 11.4 Å². The molecule has 2 aromatic rings. The molecule has 0 unspecified atom stereocenters. The summed E-state index contributed by atoms with van der Waals surface area (Å²) in [6.07, 6.45) is 0.848. The predicted octanol–water partition coefficient (Wildman–Crippen LogP) is 0.709. The highest BCUT2D eigenvalue weighted by Crippen LogP contribution is 2.15. The number of benzene rings is 2. The van der Waals surface area contributed by atoms with E-state index >= 15 is 0 Å². The van der Waals surface area contributed by atoms with Crippen molar-refractivity contribution >= 4 is 23.2 Å². The number of aryl methyl sites for hydroxylation is 1. The van der Waals surface area contributed by atoms with Crippen LogP contribution >= 0.6 is 0 Å². The molecule has 0 aromatic heterocycles. The van der Waals surface area contributed by atoms with E-state index in [0.717, 1.165) is 43.9 Å². The minimum atomic E-state index is -0.196. The van der Waals surface area contributed by atoms with Gasteiger partial charge in [-0.15, -0.1) is 0 Å². The van der Waals surface area contributed by atoms with Crippen molar-refractivity contribution in [3.8, 4) is 0 Å². The summed E-state index contributed by atoms with van der Waals surface area (Å²) in [5, 5.41) is 5.62. The third kappa shape index (κ3) is 5.57. The summed E-state index contributed by atoms with van der Waals surface area (Å²) in [4.78, 5) is 28.0. The Morgan fingerprint density at radius 1 is 0.964 bits per heavy atom. The summed E-state index contributed by atoms with van der Waals surface area (Å²) in [6.45, 7) is 6.15. The molecular weight excluding hydrogens is 352 g/mol. The van der Waals surface area contributed by atoms with Crippen LogP contribution in [0.1, 0.15) is 12.5 Å². The molecule has 6 nitrogen and oxygen atoms in total. The van der Waals surface area contributed by atoms with E-state index in [9.17, 15) is 9.59 Å². The molecule has 0 saturated carbocycles. The average Bonchev–Trinajstić information content (AvgIpc) is 2.74. The van der Waals surface area contributed by atoms with Crippen molar-refractivity contribution < 1.29 is 14.5 Å². The van der Waals surface area contributed by atoms with Gasteiger partial charge in [-0.25, -0.2) is 0 Å². The number of nitrogens with zero attached hydrogens (tertiary/aromatic N) is 1. The van der Waals surface area contributed by atoms with Gasteiger partial charge in [0.05, 0.1) is 32.7 Å². The van der Waals surface area contributed by atoms with Crippen LogP contribution in [-0.2, 0) is 16.0 Å². The van der Waals surface area contributed by atoms with Crippen molar-refractivity contribution in [2.75, 3.05) is 49.5 Å². The smallest absolute Gasteiger partial charge is 0.275 e. The molecule has 3 N–H and O–H groups in total. The summed E-state index contributed by atoms with van der Waals surface area (Å²) >= 11 is 0. The van der Waals surface area contributed by atoms with Crippen molar-refractivity contribution in [1.82, 2.24) is 5.32 Å². The zero-order chi connectivity index (χ0) is 19.8. The van der Waals surface area contributed by atoms with Gasteiger partial charge in [0.1, 0.15) is 0 Å². The third-order valence-corrected chi connectivity index (χ3v) is 5.12. The minimum absolute atomic E-state index is 0.000300. The molecule has 6 heteroatoms. The third-order valence-electron chi connectivity index (χ3n) is 5.12. The Hall–Kier alpha value is -2.86. The zero-order valence-electron chi connectivity index (χ0n) is 16.4. The predicted molar refractivity (Wildman–Crippen MR) is 112 cm³/mol. The largest absolute Gasteiger partial charge is 0.360 e. The Kier molecular flexibility index (Phi) is 7.03. The summed E-state index contributed by atoms with van der Waals surface area (Å²) < 4.78 is 0. The standard InChI is InChI=1S/C22H28N4O2/c1-2-18-8-6-7-11-20(18)24-21(27)16-23-22(28)17-25-12-14-26(15-13-25)19-9-4-3-5-10-19/h3-11H,2,12-17H2,1H3,(H,23,28)(H,24,27)/p+1. The number of rotatable bonds is 7. The maximum absolute atomic E-state index is 12.2. The maximum atomic E-state index is 12.2. The van der Waals surface area contributed by atoms with E-state index < -0.39 is 0 Å². The van der Waals surface area contributed by atoms with Gasteiger partial charge in [0.25, 0.3) is 5.91 Å². The SMILES string of the molecule is CCc1ccccc1NC(=O)CNC(=O)C[NH+]1CCN(c2ccccc2)CC1. The second kappa shape index (κ2) is 9.90. The summed E-state index contributed by atoms with van der Waals surface area (Å²) in [5.41, 5.74) is 3.13. The summed E-state index contributed by atoms with van der Waals surface area (Å²) in [6, 6.07) is 18.1. The van der Waals surface area contributed by atoms with Crippen molar-refractivity contribution in [3.63, 3.8) is 0 Å². The second-order valence-electron chi connectivity index (χ2n) is 7.08. The monoisotopic (exact) mass is 381 g/mol.